The Morgan fingerprint density at radius 2 is 2.00 bits per heavy atom. The molecule has 130 valence electrons. The topological polar surface area (TPSA) is 59.7 Å². The Balaban J connectivity index is 1.51. The third kappa shape index (κ3) is 4.87. The summed E-state index contributed by atoms with van der Waals surface area (Å²) in [6, 6.07) is 6.47. The molecule has 2 N–H and O–H groups in total. The van der Waals surface area contributed by atoms with E-state index in [2.05, 4.69) is 20.8 Å². The van der Waals surface area contributed by atoms with E-state index in [0.717, 1.165) is 23.4 Å². The van der Waals surface area contributed by atoms with Crippen molar-refractivity contribution in [2.75, 3.05) is 5.32 Å². The molecule has 6 nitrogen and oxygen atoms in total. The van der Waals surface area contributed by atoms with Gasteiger partial charge in [0.05, 0.1) is 24.6 Å². The summed E-state index contributed by atoms with van der Waals surface area (Å²) in [5.41, 5.74) is 2.69. The SMILES string of the molecule is CCn1cc(CNC(=S)Nc2cnn(Cc3cccc(F)c3)c2)cn1. The average Bonchev–Trinajstić information content (AvgIpc) is 3.22. The summed E-state index contributed by atoms with van der Waals surface area (Å²) in [5.74, 6) is -0.250. The van der Waals surface area contributed by atoms with E-state index in [-0.39, 0.29) is 5.82 Å². The van der Waals surface area contributed by atoms with Gasteiger partial charge in [-0.1, -0.05) is 12.1 Å². The molecule has 0 atom stereocenters. The first-order valence-corrected chi connectivity index (χ1v) is 8.36. The second kappa shape index (κ2) is 7.89. The van der Waals surface area contributed by atoms with Gasteiger partial charge in [0.2, 0.25) is 0 Å². The number of anilines is 1. The Bertz CT molecular complexity index is 856. The van der Waals surface area contributed by atoms with Crippen LogP contribution in [0, 0.1) is 5.82 Å². The van der Waals surface area contributed by atoms with E-state index < -0.39 is 0 Å². The van der Waals surface area contributed by atoms with Gasteiger partial charge in [-0.25, -0.2) is 4.39 Å². The van der Waals surface area contributed by atoms with Gasteiger partial charge in [0, 0.05) is 31.0 Å². The molecule has 3 rings (SSSR count). The Morgan fingerprint density at radius 1 is 1.16 bits per heavy atom. The Hall–Kier alpha value is -2.74. The first kappa shape index (κ1) is 17.1. The fourth-order valence-corrected chi connectivity index (χ4v) is 2.56. The second-order valence-corrected chi connectivity index (χ2v) is 5.98. The lowest BCUT2D eigenvalue weighted by Gasteiger charge is -2.07. The quantitative estimate of drug-likeness (QED) is 0.664. The summed E-state index contributed by atoms with van der Waals surface area (Å²) in [4.78, 5) is 0. The normalized spacial score (nSPS) is 10.6. The zero-order valence-corrected chi connectivity index (χ0v) is 14.6. The van der Waals surface area contributed by atoms with Gasteiger partial charge in [0.15, 0.2) is 5.11 Å². The monoisotopic (exact) mass is 358 g/mol. The van der Waals surface area contributed by atoms with Crippen molar-refractivity contribution in [1.82, 2.24) is 24.9 Å². The molecule has 1 aromatic carbocycles. The fourth-order valence-electron chi connectivity index (χ4n) is 2.37. The summed E-state index contributed by atoms with van der Waals surface area (Å²) in [6.07, 6.45) is 7.30. The van der Waals surface area contributed by atoms with E-state index in [0.29, 0.717) is 18.2 Å². The molecule has 0 radical (unpaired) electrons. The first-order chi connectivity index (χ1) is 12.1. The first-order valence-electron chi connectivity index (χ1n) is 7.95. The number of nitrogens with one attached hydrogen (secondary N) is 2. The van der Waals surface area contributed by atoms with Gasteiger partial charge in [-0.3, -0.25) is 9.36 Å². The lowest BCUT2D eigenvalue weighted by atomic mass is 10.2. The molecule has 0 bridgehead atoms. The molecule has 0 saturated carbocycles. The Labute approximate surface area is 150 Å². The van der Waals surface area contributed by atoms with E-state index >= 15 is 0 Å². The number of hydrogen-bond donors (Lipinski definition) is 2. The zero-order valence-electron chi connectivity index (χ0n) is 13.8. The Morgan fingerprint density at radius 3 is 2.76 bits per heavy atom. The Kier molecular flexibility index (Phi) is 5.39. The number of rotatable bonds is 6. The van der Waals surface area contributed by atoms with Crippen molar-refractivity contribution in [3.63, 3.8) is 0 Å². The molecule has 3 aromatic rings. The highest BCUT2D eigenvalue weighted by Crippen LogP contribution is 2.09. The van der Waals surface area contributed by atoms with Crippen LogP contribution in [0.4, 0.5) is 10.1 Å². The molecule has 2 aromatic heterocycles. The molecular weight excluding hydrogens is 339 g/mol. The predicted octanol–water partition coefficient (Wildman–Crippen LogP) is 2.77. The van der Waals surface area contributed by atoms with Crippen LogP contribution in [-0.2, 0) is 19.6 Å². The highest BCUT2D eigenvalue weighted by molar-refractivity contribution is 7.80. The van der Waals surface area contributed by atoms with E-state index in [9.17, 15) is 4.39 Å². The van der Waals surface area contributed by atoms with Gasteiger partial charge in [-0.05, 0) is 36.8 Å². The predicted molar refractivity (Wildman–Crippen MR) is 98.7 cm³/mol. The van der Waals surface area contributed by atoms with Gasteiger partial charge >= 0.3 is 0 Å². The molecule has 0 aliphatic rings. The van der Waals surface area contributed by atoms with Crippen molar-refractivity contribution < 1.29 is 4.39 Å². The standard InChI is InChI=1S/C17H19FN6S/c1-2-23-11-14(8-20-23)7-19-17(25)22-16-9-21-24(12-16)10-13-4-3-5-15(18)6-13/h3-6,8-9,11-12H,2,7,10H2,1H3,(H2,19,22,25). The number of aryl methyl sites for hydroxylation is 1. The smallest absolute Gasteiger partial charge is 0.171 e. The number of hydrogen-bond acceptors (Lipinski definition) is 3. The van der Waals surface area contributed by atoms with Crippen LogP contribution in [-0.4, -0.2) is 24.7 Å². The fraction of sp³-hybridized carbons (Fsp3) is 0.235. The van der Waals surface area contributed by atoms with Crippen molar-refractivity contribution in [1.29, 1.82) is 0 Å². The minimum Gasteiger partial charge on any atom is -0.358 e. The van der Waals surface area contributed by atoms with Crippen LogP contribution in [0.25, 0.3) is 0 Å². The second-order valence-electron chi connectivity index (χ2n) is 5.57. The maximum absolute atomic E-state index is 13.2. The van der Waals surface area contributed by atoms with Crippen molar-refractivity contribution in [3.05, 3.63) is 66.0 Å². The molecule has 0 amide bonds. The molecular formula is C17H19FN6S. The van der Waals surface area contributed by atoms with E-state index in [1.807, 2.05) is 36.3 Å². The van der Waals surface area contributed by atoms with Crippen LogP contribution in [0.15, 0.2) is 49.1 Å². The summed E-state index contributed by atoms with van der Waals surface area (Å²) in [7, 11) is 0. The van der Waals surface area contributed by atoms with Gasteiger partial charge in [0.1, 0.15) is 5.82 Å². The van der Waals surface area contributed by atoms with Crippen molar-refractivity contribution >= 4 is 23.0 Å². The zero-order chi connectivity index (χ0) is 17.6. The summed E-state index contributed by atoms with van der Waals surface area (Å²) >= 11 is 5.29. The molecule has 0 saturated heterocycles. The average molecular weight is 358 g/mol. The van der Waals surface area contributed by atoms with Crippen molar-refractivity contribution in [2.45, 2.75) is 26.6 Å². The molecule has 8 heteroatoms. The van der Waals surface area contributed by atoms with Crippen LogP contribution in [0.1, 0.15) is 18.1 Å². The highest BCUT2D eigenvalue weighted by atomic mass is 32.1. The number of aromatic nitrogens is 4. The number of benzene rings is 1. The minimum atomic E-state index is -0.250. The number of halogens is 1. The summed E-state index contributed by atoms with van der Waals surface area (Å²) < 4.78 is 16.8. The van der Waals surface area contributed by atoms with E-state index in [1.165, 1.54) is 12.1 Å². The number of nitrogens with zero attached hydrogens (tertiary/aromatic N) is 4. The van der Waals surface area contributed by atoms with Gasteiger partial charge in [-0.2, -0.15) is 10.2 Å². The summed E-state index contributed by atoms with van der Waals surface area (Å²) in [5, 5.41) is 15.2. The third-order valence-corrected chi connectivity index (χ3v) is 3.83. The van der Waals surface area contributed by atoms with Crippen LogP contribution in [0.3, 0.4) is 0 Å². The van der Waals surface area contributed by atoms with Crippen LogP contribution in [0.5, 0.6) is 0 Å². The molecule has 0 fully saturated rings. The molecule has 0 unspecified atom stereocenters. The van der Waals surface area contributed by atoms with Crippen LogP contribution in [0.2, 0.25) is 0 Å². The summed E-state index contributed by atoms with van der Waals surface area (Å²) in [6.45, 7) is 3.98. The van der Waals surface area contributed by atoms with Gasteiger partial charge < -0.3 is 10.6 Å². The number of thiocarbonyl (C=S) groups is 1. The van der Waals surface area contributed by atoms with Crippen LogP contribution < -0.4 is 10.6 Å². The van der Waals surface area contributed by atoms with Crippen molar-refractivity contribution in [3.8, 4) is 0 Å². The largest absolute Gasteiger partial charge is 0.358 e. The van der Waals surface area contributed by atoms with Gasteiger partial charge in [-0.15, -0.1) is 0 Å². The molecule has 0 aliphatic heterocycles. The molecule has 2 heterocycles. The lowest BCUT2D eigenvalue weighted by Crippen LogP contribution is -2.27. The highest BCUT2D eigenvalue weighted by Gasteiger charge is 2.04. The van der Waals surface area contributed by atoms with Gasteiger partial charge in [0.25, 0.3) is 0 Å². The van der Waals surface area contributed by atoms with E-state index in [1.54, 1.807) is 16.9 Å². The van der Waals surface area contributed by atoms with Crippen molar-refractivity contribution in [2.24, 2.45) is 0 Å². The minimum absolute atomic E-state index is 0.250. The van der Waals surface area contributed by atoms with Crippen LogP contribution >= 0.6 is 12.2 Å². The molecule has 0 spiro atoms. The lowest BCUT2D eigenvalue weighted by molar-refractivity contribution is 0.619. The third-order valence-electron chi connectivity index (χ3n) is 3.59. The maximum atomic E-state index is 13.2. The maximum Gasteiger partial charge on any atom is 0.171 e. The molecule has 0 aliphatic carbocycles. The van der Waals surface area contributed by atoms with E-state index in [4.69, 9.17) is 12.2 Å². The molecule has 25 heavy (non-hydrogen) atoms.